The zero-order valence-corrected chi connectivity index (χ0v) is 11.5. The Kier molecular flexibility index (Phi) is 2.53. The lowest BCUT2D eigenvalue weighted by molar-refractivity contribution is 0.836. The van der Waals surface area contributed by atoms with Crippen LogP contribution in [0.2, 0.25) is 5.02 Å². The summed E-state index contributed by atoms with van der Waals surface area (Å²) in [4.78, 5) is 4.28. The van der Waals surface area contributed by atoms with Crippen LogP contribution >= 0.6 is 22.9 Å². The van der Waals surface area contributed by atoms with Crippen LogP contribution in [0, 0.1) is 13.8 Å². The fourth-order valence-corrected chi connectivity index (χ4v) is 2.79. The molecule has 0 spiro atoms. The van der Waals surface area contributed by atoms with Crippen LogP contribution in [0.4, 0.5) is 5.69 Å². The third kappa shape index (κ3) is 1.51. The van der Waals surface area contributed by atoms with E-state index < -0.39 is 0 Å². The first kappa shape index (κ1) is 11.5. The first-order valence-electron chi connectivity index (χ1n) is 5.43. The van der Waals surface area contributed by atoms with Crippen LogP contribution in [-0.4, -0.2) is 14.8 Å². The Balaban J connectivity index is 2.31. The molecule has 3 rings (SSSR count). The zero-order chi connectivity index (χ0) is 12.9. The molecule has 2 aromatic heterocycles. The molecule has 6 heteroatoms. The third-order valence-corrected chi connectivity index (χ3v) is 4.29. The normalized spacial score (nSPS) is 11.3. The lowest BCUT2D eigenvalue weighted by Gasteiger charge is -2.08. The van der Waals surface area contributed by atoms with Crippen molar-refractivity contribution in [1.82, 2.24) is 14.8 Å². The Labute approximate surface area is 113 Å². The second-order valence-electron chi connectivity index (χ2n) is 4.09. The summed E-state index contributed by atoms with van der Waals surface area (Å²) in [5.41, 5.74) is 11.9. The molecule has 0 unspecified atom stereocenters. The van der Waals surface area contributed by atoms with E-state index in [0.29, 0.717) is 10.7 Å². The molecule has 18 heavy (non-hydrogen) atoms. The SMILES string of the molecule is Cc1nn(-c2ccc3scnc3c2N)c(C)c1Cl. The molecule has 0 saturated carbocycles. The molecule has 3 aromatic rings. The second kappa shape index (κ2) is 3.96. The van der Waals surface area contributed by atoms with Crippen molar-refractivity contribution in [2.45, 2.75) is 13.8 Å². The molecular weight excluding hydrogens is 268 g/mol. The highest BCUT2D eigenvalue weighted by molar-refractivity contribution is 7.16. The number of aryl methyl sites for hydroxylation is 1. The molecule has 0 saturated heterocycles. The smallest absolute Gasteiger partial charge is 0.106 e. The van der Waals surface area contributed by atoms with Crippen LogP contribution in [0.25, 0.3) is 15.9 Å². The number of hydrogen-bond donors (Lipinski definition) is 1. The minimum atomic E-state index is 0.635. The predicted molar refractivity (Wildman–Crippen MR) is 75.6 cm³/mol. The number of aromatic nitrogens is 3. The van der Waals surface area contributed by atoms with Gasteiger partial charge in [-0.3, -0.25) is 0 Å². The largest absolute Gasteiger partial charge is 0.395 e. The lowest BCUT2D eigenvalue weighted by Crippen LogP contribution is -2.03. The fraction of sp³-hybridized carbons (Fsp3) is 0.167. The van der Waals surface area contributed by atoms with Crippen LogP contribution in [0.15, 0.2) is 17.6 Å². The van der Waals surface area contributed by atoms with E-state index in [0.717, 1.165) is 27.3 Å². The monoisotopic (exact) mass is 278 g/mol. The number of thiazole rings is 1. The second-order valence-corrected chi connectivity index (χ2v) is 5.36. The summed E-state index contributed by atoms with van der Waals surface area (Å²) in [5, 5.41) is 5.09. The molecule has 0 aliphatic carbocycles. The number of rotatable bonds is 1. The molecular formula is C12H11ClN4S. The van der Waals surface area contributed by atoms with Gasteiger partial charge in [0.2, 0.25) is 0 Å². The molecule has 1 aromatic carbocycles. The van der Waals surface area contributed by atoms with E-state index in [2.05, 4.69) is 10.1 Å². The van der Waals surface area contributed by atoms with Crippen molar-refractivity contribution in [2.75, 3.05) is 5.73 Å². The Bertz CT molecular complexity index is 744. The van der Waals surface area contributed by atoms with Crippen LogP contribution in [0.1, 0.15) is 11.4 Å². The molecule has 0 aliphatic heterocycles. The number of hydrogen-bond acceptors (Lipinski definition) is 4. The molecule has 2 N–H and O–H groups in total. The Morgan fingerprint density at radius 3 is 2.78 bits per heavy atom. The Morgan fingerprint density at radius 1 is 1.33 bits per heavy atom. The number of fused-ring (bicyclic) bond motifs is 1. The minimum absolute atomic E-state index is 0.635. The molecule has 0 aliphatic rings. The van der Waals surface area contributed by atoms with Crippen molar-refractivity contribution in [3.8, 4) is 5.69 Å². The summed E-state index contributed by atoms with van der Waals surface area (Å²) >= 11 is 7.73. The maximum atomic E-state index is 6.16. The summed E-state index contributed by atoms with van der Waals surface area (Å²) in [7, 11) is 0. The molecule has 2 heterocycles. The van der Waals surface area contributed by atoms with Gasteiger partial charge >= 0.3 is 0 Å². The molecule has 4 nitrogen and oxygen atoms in total. The molecule has 0 atom stereocenters. The van der Waals surface area contributed by atoms with Gasteiger partial charge in [-0.25, -0.2) is 9.67 Å². The summed E-state index contributed by atoms with van der Waals surface area (Å²) in [6.07, 6.45) is 0. The average molecular weight is 279 g/mol. The number of benzene rings is 1. The first-order chi connectivity index (χ1) is 8.59. The average Bonchev–Trinajstić information content (AvgIpc) is 2.92. The Morgan fingerprint density at radius 2 is 2.11 bits per heavy atom. The standard InChI is InChI=1S/C12H11ClN4S/c1-6-10(13)7(2)17(16-6)8-3-4-9-12(11(8)14)15-5-18-9/h3-5H,14H2,1-2H3. The molecule has 92 valence electrons. The summed E-state index contributed by atoms with van der Waals surface area (Å²) < 4.78 is 2.84. The van der Waals surface area contributed by atoms with E-state index in [9.17, 15) is 0 Å². The van der Waals surface area contributed by atoms with Gasteiger partial charge in [-0.05, 0) is 26.0 Å². The van der Waals surface area contributed by atoms with Gasteiger partial charge in [0, 0.05) is 0 Å². The van der Waals surface area contributed by atoms with Gasteiger partial charge in [0.25, 0.3) is 0 Å². The van der Waals surface area contributed by atoms with E-state index in [1.807, 2.05) is 26.0 Å². The summed E-state index contributed by atoms with van der Waals surface area (Å²) in [6, 6.07) is 3.95. The van der Waals surface area contributed by atoms with E-state index in [1.165, 1.54) is 0 Å². The number of nitrogen functional groups attached to an aromatic ring is 1. The van der Waals surface area contributed by atoms with Gasteiger partial charge < -0.3 is 5.73 Å². The first-order valence-corrected chi connectivity index (χ1v) is 6.69. The highest BCUT2D eigenvalue weighted by atomic mass is 35.5. The topological polar surface area (TPSA) is 56.7 Å². The van der Waals surface area contributed by atoms with Crippen LogP contribution in [0.3, 0.4) is 0 Å². The van der Waals surface area contributed by atoms with Gasteiger partial charge in [-0.2, -0.15) is 5.10 Å². The van der Waals surface area contributed by atoms with E-state index in [1.54, 1.807) is 21.5 Å². The van der Waals surface area contributed by atoms with Gasteiger partial charge in [-0.15, -0.1) is 11.3 Å². The van der Waals surface area contributed by atoms with Crippen LogP contribution in [-0.2, 0) is 0 Å². The predicted octanol–water partition coefficient (Wildman–Crippen LogP) is 3.33. The highest BCUT2D eigenvalue weighted by Crippen LogP contribution is 2.31. The minimum Gasteiger partial charge on any atom is -0.395 e. The molecule has 0 fully saturated rings. The van der Waals surface area contributed by atoms with Crippen molar-refractivity contribution in [3.05, 3.63) is 34.1 Å². The Hall–Kier alpha value is -1.59. The van der Waals surface area contributed by atoms with Crippen molar-refractivity contribution < 1.29 is 0 Å². The zero-order valence-electron chi connectivity index (χ0n) is 9.94. The molecule has 0 amide bonds. The van der Waals surface area contributed by atoms with Crippen molar-refractivity contribution in [3.63, 3.8) is 0 Å². The van der Waals surface area contributed by atoms with Crippen molar-refractivity contribution >= 4 is 38.8 Å². The number of anilines is 1. The van der Waals surface area contributed by atoms with Gasteiger partial charge in [0.15, 0.2) is 0 Å². The van der Waals surface area contributed by atoms with Crippen molar-refractivity contribution in [1.29, 1.82) is 0 Å². The summed E-state index contributed by atoms with van der Waals surface area (Å²) in [5.74, 6) is 0. The molecule has 0 bridgehead atoms. The van der Waals surface area contributed by atoms with Gasteiger partial charge in [-0.1, -0.05) is 11.6 Å². The highest BCUT2D eigenvalue weighted by Gasteiger charge is 2.14. The molecule has 0 radical (unpaired) electrons. The van der Waals surface area contributed by atoms with E-state index in [4.69, 9.17) is 17.3 Å². The van der Waals surface area contributed by atoms with Crippen LogP contribution < -0.4 is 5.73 Å². The maximum absolute atomic E-state index is 6.16. The van der Waals surface area contributed by atoms with Crippen LogP contribution in [0.5, 0.6) is 0 Å². The van der Waals surface area contributed by atoms with E-state index >= 15 is 0 Å². The maximum Gasteiger partial charge on any atom is 0.106 e. The van der Waals surface area contributed by atoms with E-state index in [-0.39, 0.29) is 0 Å². The number of nitrogens with two attached hydrogens (primary N) is 1. The summed E-state index contributed by atoms with van der Waals surface area (Å²) in [6.45, 7) is 3.80. The van der Waals surface area contributed by atoms with Gasteiger partial charge in [0.05, 0.1) is 38.0 Å². The lowest BCUT2D eigenvalue weighted by atomic mass is 10.2. The van der Waals surface area contributed by atoms with Gasteiger partial charge in [0.1, 0.15) is 5.52 Å². The number of nitrogens with zero attached hydrogens (tertiary/aromatic N) is 3. The van der Waals surface area contributed by atoms with Crippen molar-refractivity contribution in [2.24, 2.45) is 0 Å². The number of halogens is 1. The quantitative estimate of drug-likeness (QED) is 0.695. The third-order valence-electron chi connectivity index (χ3n) is 2.95. The fourth-order valence-electron chi connectivity index (χ4n) is 1.98.